The van der Waals surface area contributed by atoms with Gasteiger partial charge in [-0.25, -0.2) is 8.78 Å². The van der Waals surface area contributed by atoms with Gasteiger partial charge in [-0.1, -0.05) is 0 Å². The molecule has 2 nitrogen and oxygen atoms in total. The van der Waals surface area contributed by atoms with Crippen molar-refractivity contribution in [3.05, 3.63) is 23.8 Å². The Morgan fingerprint density at radius 1 is 1.36 bits per heavy atom. The first-order chi connectivity index (χ1) is 5.16. The van der Waals surface area contributed by atoms with Gasteiger partial charge in [-0.15, -0.1) is 0 Å². The molecule has 0 saturated heterocycles. The Morgan fingerprint density at radius 2 is 2.00 bits per heavy atom. The molecule has 11 heavy (non-hydrogen) atoms. The number of nitrogens with one attached hydrogen (secondary N) is 1. The predicted octanol–water partition coefficient (Wildman–Crippen LogP) is 1.71. The molecule has 0 fully saturated rings. The van der Waals surface area contributed by atoms with Crippen molar-refractivity contribution in [1.82, 2.24) is 0 Å². The first kappa shape index (κ1) is 7.78. The second-order valence-corrected chi connectivity index (χ2v) is 2.01. The number of halogens is 2. The largest absolute Gasteiger partial charge is 0.506 e. The molecular formula is C7H7F2NO. The maximum atomic E-state index is 12.7. The average molecular weight is 159 g/mol. The van der Waals surface area contributed by atoms with Gasteiger partial charge in [0.2, 0.25) is 0 Å². The third-order valence-electron chi connectivity index (χ3n) is 1.32. The molecule has 0 radical (unpaired) electrons. The van der Waals surface area contributed by atoms with Crippen molar-refractivity contribution in [2.75, 3.05) is 12.4 Å². The van der Waals surface area contributed by atoms with Gasteiger partial charge in [-0.3, -0.25) is 0 Å². The molecule has 1 aromatic rings. The molecule has 0 aliphatic carbocycles. The number of phenols is 1. The summed E-state index contributed by atoms with van der Waals surface area (Å²) >= 11 is 0. The second-order valence-electron chi connectivity index (χ2n) is 2.01. The molecule has 2 N–H and O–H groups in total. The molecule has 1 rings (SSSR count). The summed E-state index contributed by atoms with van der Waals surface area (Å²) in [7, 11) is 1.40. The van der Waals surface area contributed by atoms with E-state index >= 15 is 0 Å². The van der Waals surface area contributed by atoms with Gasteiger partial charge >= 0.3 is 0 Å². The highest BCUT2D eigenvalue weighted by Gasteiger charge is 2.10. The molecule has 0 aliphatic rings. The van der Waals surface area contributed by atoms with Crippen LogP contribution < -0.4 is 5.32 Å². The highest BCUT2D eigenvalue weighted by atomic mass is 19.2. The maximum Gasteiger partial charge on any atom is 0.185 e. The monoisotopic (exact) mass is 159 g/mol. The minimum absolute atomic E-state index is 0.218. The van der Waals surface area contributed by atoms with Crippen molar-refractivity contribution >= 4 is 5.69 Å². The lowest BCUT2D eigenvalue weighted by atomic mass is 10.2. The lowest BCUT2D eigenvalue weighted by molar-refractivity contribution is 0.459. The van der Waals surface area contributed by atoms with E-state index in [9.17, 15) is 8.78 Å². The normalized spacial score (nSPS) is 9.73. The van der Waals surface area contributed by atoms with Crippen molar-refractivity contribution in [3.63, 3.8) is 0 Å². The molecule has 0 bridgehead atoms. The van der Waals surface area contributed by atoms with Crippen LogP contribution in [0.2, 0.25) is 0 Å². The fourth-order valence-electron chi connectivity index (χ4n) is 0.778. The number of hydrogen-bond donors (Lipinski definition) is 2. The van der Waals surface area contributed by atoms with Crippen LogP contribution in [0.5, 0.6) is 5.75 Å². The van der Waals surface area contributed by atoms with Crippen LogP contribution in [0.15, 0.2) is 12.1 Å². The van der Waals surface area contributed by atoms with Gasteiger partial charge in [0.25, 0.3) is 0 Å². The molecular weight excluding hydrogens is 152 g/mol. The Bertz CT molecular complexity index is 275. The second kappa shape index (κ2) is 2.74. The molecule has 0 atom stereocenters. The van der Waals surface area contributed by atoms with Gasteiger partial charge in [0.05, 0.1) is 0 Å². The first-order valence-electron chi connectivity index (χ1n) is 3.01. The van der Waals surface area contributed by atoms with Crippen LogP contribution in [-0.2, 0) is 0 Å². The first-order valence-corrected chi connectivity index (χ1v) is 3.01. The molecule has 0 aliphatic heterocycles. The van der Waals surface area contributed by atoms with Crippen LogP contribution >= 0.6 is 0 Å². The Morgan fingerprint density at radius 3 is 2.45 bits per heavy atom. The van der Waals surface area contributed by atoms with Crippen molar-refractivity contribution in [1.29, 1.82) is 0 Å². The standard InChI is InChI=1S/C7H7F2NO/c1-10-7-5(11)3-2-4(8)6(7)9/h2-3,10-11H,1H3. The van der Waals surface area contributed by atoms with Crippen LogP contribution in [0.25, 0.3) is 0 Å². The molecule has 60 valence electrons. The Labute approximate surface area is 62.5 Å². The lowest BCUT2D eigenvalue weighted by Crippen LogP contribution is -1.95. The van der Waals surface area contributed by atoms with E-state index in [-0.39, 0.29) is 11.4 Å². The summed E-state index contributed by atoms with van der Waals surface area (Å²) in [5.74, 6) is -2.34. The van der Waals surface area contributed by atoms with Crippen LogP contribution in [0.3, 0.4) is 0 Å². The van der Waals surface area contributed by atoms with Gasteiger partial charge < -0.3 is 10.4 Å². The maximum absolute atomic E-state index is 12.7. The fraction of sp³-hybridized carbons (Fsp3) is 0.143. The van der Waals surface area contributed by atoms with Crippen LogP contribution in [-0.4, -0.2) is 12.2 Å². The summed E-state index contributed by atoms with van der Waals surface area (Å²) in [4.78, 5) is 0. The number of benzene rings is 1. The van der Waals surface area contributed by atoms with E-state index in [1.54, 1.807) is 0 Å². The van der Waals surface area contributed by atoms with E-state index in [1.807, 2.05) is 0 Å². The van der Waals surface area contributed by atoms with Crippen LogP contribution in [0.4, 0.5) is 14.5 Å². The summed E-state index contributed by atoms with van der Waals surface area (Å²) in [5.41, 5.74) is -0.218. The SMILES string of the molecule is CNc1c(O)ccc(F)c1F. The number of rotatable bonds is 1. The van der Waals surface area contributed by atoms with Gasteiger partial charge in [0, 0.05) is 7.05 Å². The molecule has 0 amide bonds. The summed E-state index contributed by atoms with van der Waals surface area (Å²) in [6, 6.07) is 1.95. The van der Waals surface area contributed by atoms with Crippen LogP contribution in [0.1, 0.15) is 0 Å². The van der Waals surface area contributed by atoms with Gasteiger partial charge in [0.1, 0.15) is 11.4 Å². The van der Waals surface area contributed by atoms with E-state index in [4.69, 9.17) is 5.11 Å². The molecule has 0 unspecified atom stereocenters. The number of anilines is 1. The van der Waals surface area contributed by atoms with E-state index in [2.05, 4.69) is 5.32 Å². The van der Waals surface area contributed by atoms with Gasteiger partial charge in [-0.05, 0) is 12.1 Å². The summed E-state index contributed by atoms with van der Waals surface area (Å²) in [5, 5.41) is 11.3. The third-order valence-corrected chi connectivity index (χ3v) is 1.32. The number of phenolic OH excluding ortho intramolecular Hbond substituents is 1. The summed E-state index contributed by atoms with van der Waals surface area (Å²) < 4.78 is 25.1. The molecule has 0 saturated carbocycles. The summed E-state index contributed by atoms with van der Waals surface area (Å²) in [6.45, 7) is 0. The topological polar surface area (TPSA) is 32.3 Å². The Kier molecular flexibility index (Phi) is 1.94. The highest BCUT2D eigenvalue weighted by Crippen LogP contribution is 2.26. The Hall–Kier alpha value is -1.32. The van der Waals surface area contributed by atoms with Gasteiger partial charge in [-0.2, -0.15) is 0 Å². The minimum Gasteiger partial charge on any atom is -0.506 e. The van der Waals surface area contributed by atoms with Crippen molar-refractivity contribution in [2.24, 2.45) is 0 Å². The highest BCUT2D eigenvalue weighted by molar-refractivity contribution is 5.56. The molecule has 1 aromatic carbocycles. The fourth-order valence-corrected chi connectivity index (χ4v) is 0.778. The lowest BCUT2D eigenvalue weighted by Gasteiger charge is -2.04. The predicted molar refractivity (Wildman–Crippen MR) is 37.6 cm³/mol. The number of aromatic hydroxyl groups is 1. The Balaban J connectivity index is 3.29. The van der Waals surface area contributed by atoms with Crippen molar-refractivity contribution in [3.8, 4) is 5.75 Å². The van der Waals surface area contributed by atoms with Crippen molar-refractivity contribution in [2.45, 2.75) is 0 Å². The quantitative estimate of drug-likeness (QED) is 0.611. The minimum atomic E-state index is -1.06. The number of hydrogen-bond acceptors (Lipinski definition) is 2. The van der Waals surface area contributed by atoms with E-state index in [0.717, 1.165) is 12.1 Å². The van der Waals surface area contributed by atoms with Crippen LogP contribution in [0, 0.1) is 11.6 Å². The molecule has 0 heterocycles. The molecule has 0 spiro atoms. The zero-order valence-electron chi connectivity index (χ0n) is 5.86. The van der Waals surface area contributed by atoms with E-state index in [0.29, 0.717) is 0 Å². The van der Waals surface area contributed by atoms with Gasteiger partial charge in [0.15, 0.2) is 11.6 Å². The zero-order chi connectivity index (χ0) is 8.43. The molecule has 0 aromatic heterocycles. The summed E-state index contributed by atoms with van der Waals surface area (Å²) in [6.07, 6.45) is 0. The van der Waals surface area contributed by atoms with E-state index in [1.165, 1.54) is 7.05 Å². The average Bonchev–Trinajstić information content (AvgIpc) is 1.99. The van der Waals surface area contributed by atoms with E-state index < -0.39 is 11.6 Å². The zero-order valence-corrected chi connectivity index (χ0v) is 5.86. The smallest absolute Gasteiger partial charge is 0.185 e. The third kappa shape index (κ3) is 1.24. The van der Waals surface area contributed by atoms with Crippen molar-refractivity contribution < 1.29 is 13.9 Å². The molecule has 4 heteroatoms.